The summed E-state index contributed by atoms with van der Waals surface area (Å²) in [5.74, 6) is -0.0753. The van der Waals surface area contributed by atoms with Gasteiger partial charge in [0.15, 0.2) is 0 Å². The minimum atomic E-state index is -0.553. The van der Waals surface area contributed by atoms with Crippen molar-refractivity contribution < 1.29 is 14.3 Å². The number of nitrogens with zero attached hydrogens (tertiary/aromatic N) is 2. The number of fused-ring (bicyclic) bond motifs is 1. The second-order valence-corrected chi connectivity index (χ2v) is 7.63. The van der Waals surface area contributed by atoms with E-state index in [2.05, 4.69) is 0 Å². The normalized spacial score (nSPS) is 16.0. The van der Waals surface area contributed by atoms with Crippen LogP contribution in [-0.2, 0) is 9.53 Å². The first-order valence-corrected chi connectivity index (χ1v) is 8.42. The van der Waals surface area contributed by atoms with Crippen molar-refractivity contribution in [3.05, 3.63) is 30.3 Å². The fraction of sp³-hybridized carbons (Fsp3) is 0.412. The van der Waals surface area contributed by atoms with Crippen LogP contribution in [0.1, 0.15) is 20.8 Å². The molecule has 6 heteroatoms. The SMILES string of the molecule is CC(C)(C)OC(=O)N1CCN(c2cc3ccccc3s2)C(=O)C1. The Balaban J connectivity index is 1.71. The van der Waals surface area contributed by atoms with Gasteiger partial charge >= 0.3 is 6.09 Å². The van der Waals surface area contributed by atoms with Gasteiger partial charge in [-0.15, -0.1) is 11.3 Å². The van der Waals surface area contributed by atoms with Crippen molar-refractivity contribution in [2.75, 3.05) is 24.5 Å². The maximum absolute atomic E-state index is 12.4. The summed E-state index contributed by atoms with van der Waals surface area (Å²) < 4.78 is 6.49. The Hall–Kier alpha value is -2.08. The van der Waals surface area contributed by atoms with E-state index in [0.29, 0.717) is 13.1 Å². The van der Waals surface area contributed by atoms with E-state index in [-0.39, 0.29) is 12.5 Å². The number of hydrogen-bond acceptors (Lipinski definition) is 4. The average Bonchev–Trinajstić information content (AvgIpc) is 2.88. The molecule has 0 spiro atoms. The molecule has 0 atom stereocenters. The first kappa shape index (κ1) is 15.8. The summed E-state index contributed by atoms with van der Waals surface area (Å²) in [5.41, 5.74) is -0.553. The van der Waals surface area contributed by atoms with E-state index in [1.165, 1.54) is 4.90 Å². The lowest BCUT2D eigenvalue weighted by Gasteiger charge is -2.34. The lowest BCUT2D eigenvalue weighted by molar-refractivity contribution is -0.121. The van der Waals surface area contributed by atoms with Gasteiger partial charge < -0.3 is 9.64 Å². The molecule has 0 aliphatic carbocycles. The molecular weight excluding hydrogens is 312 g/mol. The molecule has 2 amide bonds. The first-order valence-electron chi connectivity index (χ1n) is 7.60. The molecule has 0 N–H and O–H groups in total. The maximum atomic E-state index is 12.4. The number of carbonyl (C=O) groups excluding carboxylic acids is 2. The van der Waals surface area contributed by atoms with Crippen molar-refractivity contribution in [1.82, 2.24) is 4.90 Å². The van der Waals surface area contributed by atoms with E-state index in [0.717, 1.165) is 15.1 Å². The zero-order valence-electron chi connectivity index (χ0n) is 13.5. The Morgan fingerprint density at radius 3 is 2.61 bits per heavy atom. The van der Waals surface area contributed by atoms with Gasteiger partial charge in [0.1, 0.15) is 12.1 Å². The Bertz CT molecular complexity index is 715. The third-order valence-electron chi connectivity index (χ3n) is 3.55. The quantitative estimate of drug-likeness (QED) is 0.803. The monoisotopic (exact) mass is 332 g/mol. The summed E-state index contributed by atoms with van der Waals surface area (Å²) in [6.07, 6.45) is -0.429. The van der Waals surface area contributed by atoms with E-state index < -0.39 is 11.7 Å². The van der Waals surface area contributed by atoms with Gasteiger partial charge in [0.2, 0.25) is 5.91 Å². The van der Waals surface area contributed by atoms with Gasteiger partial charge in [0, 0.05) is 17.8 Å². The average molecular weight is 332 g/mol. The summed E-state index contributed by atoms with van der Waals surface area (Å²) in [7, 11) is 0. The molecule has 0 saturated carbocycles. The van der Waals surface area contributed by atoms with Crippen LogP contribution in [0.15, 0.2) is 30.3 Å². The molecule has 1 saturated heterocycles. The lowest BCUT2D eigenvalue weighted by Crippen LogP contribution is -2.53. The molecule has 122 valence electrons. The second kappa shape index (κ2) is 5.85. The van der Waals surface area contributed by atoms with Crippen LogP contribution < -0.4 is 4.90 Å². The number of benzene rings is 1. The Morgan fingerprint density at radius 2 is 1.96 bits per heavy atom. The third-order valence-corrected chi connectivity index (χ3v) is 4.69. The number of hydrogen-bond donors (Lipinski definition) is 0. The zero-order chi connectivity index (χ0) is 16.6. The van der Waals surface area contributed by atoms with Gasteiger partial charge in [-0.1, -0.05) is 18.2 Å². The van der Waals surface area contributed by atoms with Crippen molar-refractivity contribution in [3.63, 3.8) is 0 Å². The maximum Gasteiger partial charge on any atom is 0.410 e. The highest BCUT2D eigenvalue weighted by molar-refractivity contribution is 7.23. The van der Waals surface area contributed by atoms with Gasteiger partial charge in [-0.25, -0.2) is 4.79 Å². The van der Waals surface area contributed by atoms with E-state index >= 15 is 0 Å². The van der Waals surface area contributed by atoms with Crippen molar-refractivity contribution >= 4 is 38.4 Å². The summed E-state index contributed by atoms with van der Waals surface area (Å²) in [4.78, 5) is 27.7. The largest absolute Gasteiger partial charge is 0.444 e. The molecule has 23 heavy (non-hydrogen) atoms. The number of amides is 2. The molecule has 1 aromatic carbocycles. The van der Waals surface area contributed by atoms with Crippen LogP contribution in [0.25, 0.3) is 10.1 Å². The van der Waals surface area contributed by atoms with Crippen molar-refractivity contribution in [2.24, 2.45) is 0 Å². The molecule has 3 rings (SSSR count). The molecule has 2 heterocycles. The molecule has 5 nitrogen and oxygen atoms in total. The molecular formula is C17H20N2O3S. The summed E-state index contributed by atoms with van der Waals surface area (Å²) in [5, 5.41) is 2.06. The molecule has 1 aliphatic rings. The number of ether oxygens (including phenoxy) is 1. The van der Waals surface area contributed by atoms with E-state index in [9.17, 15) is 9.59 Å². The Kier molecular flexibility index (Phi) is 4.02. The standard InChI is InChI=1S/C17H20N2O3S/c1-17(2,3)22-16(21)18-8-9-19(14(20)11-18)15-10-12-6-4-5-7-13(12)23-15/h4-7,10H,8-9,11H2,1-3H3. The molecule has 0 unspecified atom stereocenters. The highest BCUT2D eigenvalue weighted by Crippen LogP contribution is 2.33. The predicted octanol–water partition coefficient (Wildman–Crippen LogP) is 3.49. The van der Waals surface area contributed by atoms with Crippen molar-refractivity contribution in [1.29, 1.82) is 0 Å². The molecule has 2 aromatic rings. The number of thiophene rings is 1. The van der Waals surface area contributed by atoms with Crippen LogP contribution in [0.3, 0.4) is 0 Å². The molecule has 0 radical (unpaired) electrons. The minimum absolute atomic E-state index is 0.0587. The molecule has 0 bridgehead atoms. The summed E-state index contributed by atoms with van der Waals surface area (Å²) >= 11 is 1.60. The van der Waals surface area contributed by atoms with E-state index in [1.807, 2.05) is 51.1 Å². The number of carbonyl (C=O) groups is 2. The van der Waals surface area contributed by atoms with Gasteiger partial charge in [-0.05, 0) is 38.3 Å². The van der Waals surface area contributed by atoms with Crippen LogP contribution >= 0.6 is 11.3 Å². The van der Waals surface area contributed by atoms with Gasteiger partial charge in [-0.3, -0.25) is 9.69 Å². The predicted molar refractivity (Wildman–Crippen MR) is 92.0 cm³/mol. The van der Waals surface area contributed by atoms with Crippen LogP contribution in [0, 0.1) is 0 Å². The van der Waals surface area contributed by atoms with Crippen molar-refractivity contribution in [3.8, 4) is 0 Å². The Morgan fingerprint density at radius 1 is 1.22 bits per heavy atom. The van der Waals surface area contributed by atoms with Crippen LogP contribution in [-0.4, -0.2) is 42.1 Å². The molecule has 1 aromatic heterocycles. The van der Waals surface area contributed by atoms with Crippen LogP contribution in [0.5, 0.6) is 0 Å². The zero-order valence-corrected chi connectivity index (χ0v) is 14.4. The second-order valence-electron chi connectivity index (χ2n) is 6.57. The fourth-order valence-electron chi connectivity index (χ4n) is 2.49. The highest BCUT2D eigenvalue weighted by atomic mass is 32.1. The number of piperazine rings is 1. The fourth-order valence-corrected chi connectivity index (χ4v) is 3.60. The summed E-state index contributed by atoms with van der Waals surface area (Å²) in [6, 6.07) is 10.1. The highest BCUT2D eigenvalue weighted by Gasteiger charge is 2.31. The first-order chi connectivity index (χ1) is 10.8. The lowest BCUT2D eigenvalue weighted by atomic mass is 10.2. The molecule has 1 aliphatic heterocycles. The number of anilines is 1. The molecule has 1 fully saturated rings. The van der Waals surface area contributed by atoms with Crippen LogP contribution in [0.2, 0.25) is 0 Å². The Labute approximate surface area is 139 Å². The van der Waals surface area contributed by atoms with Crippen LogP contribution in [0.4, 0.5) is 9.80 Å². The smallest absolute Gasteiger partial charge is 0.410 e. The summed E-state index contributed by atoms with van der Waals surface area (Å²) in [6.45, 7) is 6.49. The van der Waals surface area contributed by atoms with Gasteiger partial charge in [0.05, 0.1) is 5.00 Å². The van der Waals surface area contributed by atoms with Crippen molar-refractivity contribution in [2.45, 2.75) is 26.4 Å². The third kappa shape index (κ3) is 3.47. The van der Waals surface area contributed by atoms with E-state index in [1.54, 1.807) is 16.2 Å². The van der Waals surface area contributed by atoms with Gasteiger partial charge in [-0.2, -0.15) is 0 Å². The van der Waals surface area contributed by atoms with Gasteiger partial charge in [0.25, 0.3) is 0 Å². The topological polar surface area (TPSA) is 49.9 Å². The van der Waals surface area contributed by atoms with E-state index in [4.69, 9.17) is 4.74 Å². The number of rotatable bonds is 1. The minimum Gasteiger partial charge on any atom is -0.444 e.